The first-order valence-corrected chi connectivity index (χ1v) is 8.85. The Hall–Kier alpha value is -0.820. The highest BCUT2D eigenvalue weighted by atomic mass is 35.5. The molecule has 0 saturated heterocycles. The van der Waals surface area contributed by atoms with E-state index in [1.54, 1.807) is 13.0 Å². The Morgan fingerprint density at radius 3 is 2.67 bits per heavy atom. The van der Waals surface area contributed by atoms with Crippen LogP contribution >= 0.6 is 11.6 Å². The van der Waals surface area contributed by atoms with Gasteiger partial charge in [-0.3, -0.25) is 4.90 Å². The number of likely N-dealkylation sites (N-methyl/N-ethyl adjacent to an activating group) is 1. The van der Waals surface area contributed by atoms with Crippen LogP contribution < -0.4 is 10.5 Å². The molecule has 0 radical (unpaired) electrons. The van der Waals surface area contributed by atoms with Crippen LogP contribution in [0.1, 0.15) is 25.3 Å². The number of sulfonamides is 1. The highest BCUT2D eigenvalue weighted by molar-refractivity contribution is 7.89. The molecule has 1 aliphatic carbocycles. The number of nitrogen functional groups attached to an aromatic ring is 1. The van der Waals surface area contributed by atoms with Crippen molar-refractivity contribution in [3.8, 4) is 0 Å². The number of hydrogen-bond acceptors (Lipinski definition) is 4. The van der Waals surface area contributed by atoms with Gasteiger partial charge in [0, 0.05) is 24.3 Å². The molecular formula is C14H22ClN3O2S. The Morgan fingerprint density at radius 1 is 1.48 bits per heavy atom. The average molecular weight is 332 g/mol. The monoisotopic (exact) mass is 331 g/mol. The van der Waals surface area contributed by atoms with Crippen molar-refractivity contribution in [3.05, 3.63) is 22.7 Å². The lowest BCUT2D eigenvalue weighted by molar-refractivity contribution is 0.248. The number of nitrogens with one attached hydrogen (secondary N) is 1. The predicted octanol–water partition coefficient (Wildman–Crippen LogP) is 1.99. The van der Waals surface area contributed by atoms with Crippen molar-refractivity contribution in [1.82, 2.24) is 9.62 Å². The normalized spacial score (nSPS) is 17.2. The summed E-state index contributed by atoms with van der Waals surface area (Å²) < 4.78 is 27.3. The largest absolute Gasteiger partial charge is 0.398 e. The number of nitrogens with two attached hydrogens (primary N) is 1. The maximum atomic E-state index is 12.4. The van der Waals surface area contributed by atoms with Crippen LogP contribution in [0.5, 0.6) is 0 Å². The molecule has 1 aliphatic rings. The Kier molecular flexibility index (Phi) is 4.82. The van der Waals surface area contributed by atoms with Crippen LogP contribution in [0.25, 0.3) is 0 Å². The topological polar surface area (TPSA) is 75.4 Å². The van der Waals surface area contributed by atoms with Crippen LogP contribution in [0.3, 0.4) is 0 Å². The number of benzene rings is 1. The lowest BCUT2D eigenvalue weighted by Crippen LogP contribution is -2.41. The van der Waals surface area contributed by atoms with Crippen molar-refractivity contribution in [2.24, 2.45) is 0 Å². The minimum Gasteiger partial charge on any atom is -0.398 e. The second kappa shape index (κ2) is 6.12. The third kappa shape index (κ3) is 3.88. The van der Waals surface area contributed by atoms with Crippen LogP contribution in [0.4, 0.5) is 5.69 Å². The number of anilines is 1. The van der Waals surface area contributed by atoms with E-state index in [4.69, 9.17) is 17.3 Å². The molecule has 1 atom stereocenters. The smallest absolute Gasteiger partial charge is 0.242 e. The van der Waals surface area contributed by atoms with E-state index < -0.39 is 10.0 Å². The van der Waals surface area contributed by atoms with Crippen molar-refractivity contribution < 1.29 is 8.42 Å². The molecule has 1 saturated carbocycles. The minimum atomic E-state index is -3.65. The highest BCUT2D eigenvalue weighted by Gasteiger charge is 2.30. The summed E-state index contributed by atoms with van der Waals surface area (Å²) in [5.41, 5.74) is 6.96. The summed E-state index contributed by atoms with van der Waals surface area (Å²) in [7, 11) is -1.63. The van der Waals surface area contributed by atoms with Gasteiger partial charge in [0.1, 0.15) is 4.90 Å². The van der Waals surface area contributed by atoms with Gasteiger partial charge in [0.05, 0.1) is 5.02 Å². The second-order valence-electron chi connectivity index (χ2n) is 5.74. The summed E-state index contributed by atoms with van der Waals surface area (Å²) >= 11 is 6.04. The van der Waals surface area contributed by atoms with Crippen LogP contribution in [-0.2, 0) is 10.0 Å². The first kappa shape index (κ1) is 16.5. The van der Waals surface area contributed by atoms with Crippen LogP contribution in [-0.4, -0.2) is 39.0 Å². The van der Waals surface area contributed by atoms with E-state index in [0.717, 1.165) is 5.56 Å². The quantitative estimate of drug-likeness (QED) is 0.782. The minimum absolute atomic E-state index is 0.0357. The number of nitrogens with zero attached hydrogens (tertiary/aromatic N) is 1. The van der Waals surface area contributed by atoms with E-state index in [-0.39, 0.29) is 16.0 Å². The SMILES string of the molecule is Cc1cc(Cl)c(S(=O)(=O)NCC(C)N(C)C2CC2)cc1N. The lowest BCUT2D eigenvalue weighted by Gasteiger charge is -2.24. The summed E-state index contributed by atoms with van der Waals surface area (Å²) in [6.45, 7) is 4.14. The number of rotatable bonds is 6. The van der Waals surface area contributed by atoms with Gasteiger partial charge < -0.3 is 5.73 Å². The summed E-state index contributed by atoms with van der Waals surface area (Å²) in [5.74, 6) is 0. The first-order valence-electron chi connectivity index (χ1n) is 6.99. The van der Waals surface area contributed by atoms with Crippen molar-refractivity contribution in [3.63, 3.8) is 0 Å². The molecule has 0 bridgehead atoms. The zero-order valence-corrected chi connectivity index (χ0v) is 14.1. The molecule has 1 unspecified atom stereocenters. The molecular weight excluding hydrogens is 310 g/mol. The molecule has 5 nitrogen and oxygen atoms in total. The van der Waals surface area contributed by atoms with E-state index >= 15 is 0 Å². The van der Waals surface area contributed by atoms with Gasteiger partial charge in [-0.1, -0.05) is 11.6 Å². The second-order valence-corrected chi connectivity index (χ2v) is 7.88. The Bertz CT molecular complexity index is 629. The maximum absolute atomic E-state index is 12.4. The third-order valence-corrected chi connectivity index (χ3v) is 5.89. The fourth-order valence-corrected chi connectivity index (χ4v) is 3.91. The van der Waals surface area contributed by atoms with Crippen molar-refractivity contribution in [1.29, 1.82) is 0 Å². The molecule has 0 spiro atoms. The van der Waals surface area contributed by atoms with Gasteiger partial charge >= 0.3 is 0 Å². The van der Waals surface area contributed by atoms with E-state index in [1.165, 1.54) is 18.9 Å². The molecule has 7 heteroatoms. The molecule has 21 heavy (non-hydrogen) atoms. The van der Waals surface area contributed by atoms with E-state index in [0.29, 0.717) is 18.3 Å². The van der Waals surface area contributed by atoms with Crippen LogP contribution in [0.2, 0.25) is 5.02 Å². The number of halogens is 1. The fourth-order valence-electron chi connectivity index (χ4n) is 2.17. The molecule has 1 aromatic rings. The van der Waals surface area contributed by atoms with Gasteiger partial charge in [-0.25, -0.2) is 13.1 Å². The molecule has 3 N–H and O–H groups in total. The standard InChI is InChI=1S/C14H22ClN3O2S/c1-9-6-12(15)14(7-13(9)16)21(19,20)17-8-10(2)18(3)11-4-5-11/h6-7,10-11,17H,4-5,8,16H2,1-3H3. The van der Waals surface area contributed by atoms with E-state index in [2.05, 4.69) is 9.62 Å². The molecule has 0 amide bonds. The van der Waals surface area contributed by atoms with E-state index in [1.807, 2.05) is 14.0 Å². The zero-order valence-electron chi connectivity index (χ0n) is 12.6. The summed E-state index contributed by atoms with van der Waals surface area (Å²) in [6.07, 6.45) is 2.38. The van der Waals surface area contributed by atoms with Crippen LogP contribution in [0, 0.1) is 6.92 Å². The number of hydrogen-bond donors (Lipinski definition) is 2. The van der Waals surface area contributed by atoms with E-state index in [9.17, 15) is 8.42 Å². The summed E-state index contributed by atoms with van der Waals surface area (Å²) in [4.78, 5) is 2.24. The molecule has 1 aromatic carbocycles. The average Bonchev–Trinajstić information content (AvgIpc) is 3.23. The predicted molar refractivity (Wildman–Crippen MR) is 86.0 cm³/mol. The van der Waals surface area contributed by atoms with Crippen LogP contribution in [0.15, 0.2) is 17.0 Å². The fraction of sp³-hybridized carbons (Fsp3) is 0.571. The Morgan fingerprint density at radius 2 is 2.10 bits per heavy atom. The molecule has 118 valence electrons. The van der Waals surface area contributed by atoms with Gasteiger partial charge in [0.2, 0.25) is 10.0 Å². The zero-order chi connectivity index (χ0) is 15.8. The van der Waals surface area contributed by atoms with Gasteiger partial charge in [-0.2, -0.15) is 0 Å². The van der Waals surface area contributed by atoms with Crippen molar-refractivity contribution in [2.45, 2.75) is 43.7 Å². The molecule has 1 fully saturated rings. The van der Waals surface area contributed by atoms with Gasteiger partial charge in [-0.15, -0.1) is 0 Å². The van der Waals surface area contributed by atoms with Gasteiger partial charge in [-0.05, 0) is 51.4 Å². The molecule has 2 rings (SSSR count). The van der Waals surface area contributed by atoms with Crippen molar-refractivity contribution in [2.75, 3.05) is 19.3 Å². The Labute approximate surface area is 131 Å². The first-order chi connectivity index (χ1) is 9.72. The Balaban J connectivity index is 2.09. The molecule has 0 heterocycles. The molecule has 0 aromatic heterocycles. The highest BCUT2D eigenvalue weighted by Crippen LogP contribution is 2.28. The van der Waals surface area contributed by atoms with Gasteiger partial charge in [0.15, 0.2) is 0 Å². The lowest BCUT2D eigenvalue weighted by atomic mass is 10.2. The summed E-state index contributed by atoms with van der Waals surface area (Å²) in [6, 6.07) is 3.71. The maximum Gasteiger partial charge on any atom is 0.242 e. The molecule has 0 aliphatic heterocycles. The number of aryl methyl sites for hydroxylation is 1. The summed E-state index contributed by atoms with van der Waals surface area (Å²) in [5, 5.41) is 0.192. The van der Waals surface area contributed by atoms with Crippen molar-refractivity contribution >= 4 is 27.3 Å². The van der Waals surface area contributed by atoms with Gasteiger partial charge in [0.25, 0.3) is 0 Å². The third-order valence-electron chi connectivity index (χ3n) is 4.00.